The van der Waals surface area contributed by atoms with Crippen molar-refractivity contribution in [2.24, 2.45) is 0 Å². The fourth-order valence-electron chi connectivity index (χ4n) is 1.05. The molecule has 12 heavy (non-hydrogen) atoms. The van der Waals surface area contributed by atoms with Crippen LogP contribution < -0.4 is 5.73 Å². The number of nitrogens with two attached hydrogens (primary N) is 1. The Hall–Kier alpha value is -1.69. The van der Waals surface area contributed by atoms with Crippen molar-refractivity contribution in [1.29, 1.82) is 0 Å². The number of aromatic nitrogens is 4. The van der Waals surface area contributed by atoms with Gasteiger partial charge in [-0.05, 0) is 0 Å². The molecule has 0 saturated carbocycles. The van der Waals surface area contributed by atoms with E-state index < -0.39 is 0 Å². The molecule has 0 saturated heterocycles. The lowest BCUT2D eigenvalue weighted by atomic mass is 10.3. The molecule has 0 aromatic carbocycles. The van der Waals surface area contributed by atoms with Crippen molar-refractivity contribution in [3.05, 3.63) is 12.0 Å². The van der Waals surface area contributed by atoms with Crippen LogP contribution in [0, 0.1) is 0 Å². The van der Waals surface area contributed by atoms with Crippen molar-refractivity contribution in [3.63, 3.8) is 0 Å². The van der Waals surface area contributed by atoms with E-state index in [1.165, 1.54) is 6.33 Å². The number of nitrogen functional groups attached to an aromatic ring is 1. The highest BCUT2D eigenvalue weighted by Crippen LogP contribution is 2.17. The van der Waals surface area contributed by atoms with Crippen LogP contribution in [-0.4, -0.2) is 25.3 Å². The lowest BCUT2D eigenvalue weighted by Gasteiger charge is -1.93. The fourth-order valence-corrected chi connectivity index (χ4v) is 1.05. The molecule has 0 radical (unpaired) electrons. The second-order valence-electron chi connectivity index (χ2n) is 2.32. The molecule has 2 aromatic rings. The molecule has 6 heteroatoms. The topological polar surface area (TPSA) is 101 Å². The minimum atomic E-state index is -0.145. The molecule has 62 valence electrons. The van der Waals surface area contributed by atoms with Crippen LogP contribution in [0.4, 0.5) is 5.82 Å². The summed E-state index contributed by atoms with van der Waals surface area (Å²) in [6.45, 7) is -0.145. The minimum Gasteiger partial charge on any atom is -0.390 e. The first-order valence-electron chi connectivity index (χ1n) is 3.37. The highest BCUT2D eigenvalue weighted by atomic mass is 16.3. The van der Waals surface area contributed by atoms with E-state index in [1.807, 2.05) is 0 Å². The SMILES string of the molecule is Nc1ncnc2n[nH]c(CO)c12. The van der Waals surface area contributed by atoms with Gasteiger partial charge in [-0.2, -0.15) is 5.10 Å². The number of fused-ring (bicyclic) bond motifs is 1. The standard InChI is InChI=1S/C6H7N5O/c7-5-4-3(1-12)10-11-6(4)9-2-8-5/h2,12H,1H2,(H3,7,8,9,10,11). The van der Waals surface area contributed by atoms with Crippen molar-refractivity contribution in [2.45, 2.75) is 6.61 Å². The van der Waals surface area contributed by atoms with Gasteiger partial charge in [-0.25, -0.2) is 9.97 Å². The Morgan fingerprint density at radius 2 is 2.33 bits per heavy atom. The predicted octanol–water partition coefficient (Wildman–Crippen LogP) is -0.573. The summed E-state index contributed by atoms with van der Waals surface area (Å²) in [5, 5.41) is 15.9. The number of H-pyrrole nitrogens is 1. The number of aliphatic hydroxyl groups excluding tert-OH is 1. The smallest absolute Gasteiger partial charge is 0.186 e. The fraction of sp³-hybridized carbons (Fsp3) is 0.167. The quantitative estimate of drug-likeness (QED) is 0.525. The van der Waals surface area contributed by atoms with E-state index in [1.54, 1.807) is 0 Å². The molecule has 0 aliphatic rings. The van der Waals surface area contributed by atoms with E-state index in [0.717, 1.165) is 0 Å². The normalized spacial score (nSPS) is 10.8. The van der Waals surface area contributed by atoms with E-state index in [2.05, 4.69) is 20.2 Å². The molecule has 0 aliphatic heterocycles. The van der Waals surface area contributed by atoms with Crippen LogP contribution in [0.1, 0.15) is 5.69 Å². The van der Waals surface area contributed by atoms with Crippen LogP contribution in [0.5, 0.6) is 0 Å². The maximum absolute atomic E-state index is 8.87. The molecule has 0 amide bonds. The largest absolute Gasteiger partial charge is 0.390 e. The Balaban J connectivity index is 2.83. The average molecular weight is 165 g/mol. The van der Waals surface area contributed by atoms with Gasteiger partial charge < -0.3 is 10.8 Å². The Bertz CT molecular complexity index is 409. The van der Waals surface area contributed by atoms with Gasteiger partial charge in [0.25, 0.3) is 0 Å². The van der Waals surface area contributed by atoms with Gasteiger partial charge in [0.2, 0.25) is 0 Å². The summed E-state index contributed by atoms with van der Waals surface area (Å²) in [5.41, 5.74) is 6.58. The van der Waals surface area contributed by atoms with Gasteiger partial charge in [-0.3, -0.25) is 5.10 Å². The first-order valence-corrected chi connectivity index (χ1v) is 3.37. The van der Waals surface area contributed by atoms with Crippen molar-refractivity contribution >= 4 is 16.9 Å². The molecule has 6 nitrogen and oxygen atoms in total. The molecule has 0 spiro atoms. The number of aromatic amines is 1. The van der Waals surface area contributed by atoms with E-state index in [4.69, 9.17) is 10.8 Å². The highest BCUT2D eigenvalue weighted by Gasteiger charge is 2.08. The molecule has 0 aliphatic carbocycles. The Kier molecular flexibility index (Phi) is 1.41. The van der Waals surface area contributed by atoms with Crippen LogP contribution in [0.25, 0.3) is 11.0 Å². The third-order valence-electron chi connectivity index (χ3n) is 1.61. The first-order chi connectivity index (χ1) is 5.83. The van der Waals surface area contributed by atoms with Crippen LogP contribution in [0.15, 0.2) is 6.33 Å². The number of anilines is 1. The number of nitrogens with zero attached hydrogens (tertiary/aromatic N) is 3. The zero-order chi connectivity index (χ0) is 8.55. The summed E-state index contributed by atoms with van der Waals surface area (Å²) in [4.78, 5) is 7.65. The van der Waals surface area contributed by atoms with Crippen LogP contribution in [0.2, 0.25) is 0 Å². The van der Waals surface area contributed by atoms with Crippen LogP contribution in [-0.2, 0) is 6.61 Å². The second-order valence-corrected chi connectivity index (χ2v) is 2.32. The highest BCUT2D eigenvalue weighted by molar-refractivity contribution is 5.87. The van der Waals surface area contributed by atoms with Gasteiger partial charge >= 0.3 is 0 Å². The molecule has 2 aromatic heterocycles. The van der Waals surface area contributed by atoms with Gasteiger partial charge in [0, 0.05) is 0 Å². The summed E-state index contributed by atoms with van der Waals surface area (Å²) in [5.74, 6) is 0.331. The Labute approximate surface area is 67.4 Å². The molecule has 0 unspecified atom stereocenters. The lowest BCUT2D eigenvalue weighted by Crippen LogP contribution is -1.93. The molecule has 0 fully saturated rings. The van der Waals surface area contributed by atoms with Gasteiger partial charge in [0.1, 0.15) is 12.1 Å². The summed E-state index contributed by atoms with van der Waals surface area (Å²) in [7, 11) is 0. The predicted molar refractivity (Wildman–Crippen MR) is 42.0 cm³/mol. The number of nitrogens with one attached hydrogen (secondary N) is 1. The number of hydrogen-bond acceptors (Lipinski definition) is 5. The molecular weight excluding hydrogens is 158 g/mol. The van der Waals surface area contributed by atoms with E-state index in [0.29, 0.717) is 22.5 Å². The molecular formula is C6H7N5O. The Morgan fingerprint density at radius 1 is 1.50 bits per heavy atom. The summed E-state index contributed by atoms with van der Waals surface area (Å²) >= 11 is 0. The van der Waals surface area contributed by atoms with Gasteiger partial charge in [-0.15, -0.1) is 0 Å². The van der Waals surface area contributed by atoms with E-state index >= 15 is 0 Å². The van der Waals surface area contributed by atoms with E-state index in [-0.39, 0.29) is 6.61 Å². The zero-order valence-electron chi connectivity index (χ0n) is 6.15. The van der Waals surface area contributed by atoms with Crippen molar-refractivity contribution in [3.8, 4) is 0 Å². The lowest BCUT2D eigenvalue weighted by molar-refractivity contribution is 0.278. The van der Waals surface area contributed by atoms with Gasteiger partial charge in [0.05, 0.1) is 17.7 Å². The maximum Gasteiger partial charge on any atom is 0.186 e. The third-order valence-corrected chi connectivity index (χ3v) is 1.61. The Morgan fingerprint density at radius 3 is 3.08 bits per heavy atom. The maximum atomic E-state index is 8.87. The number of hydrogen-bond donors (Lipinski definition) is 3. The molecule has 2 heterocycles. The summed E-state index contributed by atoms with van der Waals surface area (Å²) < 4.78 is 0. The average Bonchev–Trinajstić information content (AvgIpc) is 2.49. The summed E-state index contributed by atoms with van der Waals surface area (Å²) in [6.07, 6.45) is 1.33. The summed E-state index contributed by atoms with van der Waals surface area (Å²) in [6, 6.07) is 0. The molecule has 2 rings (SSSR count). The zero-order valence-corrected chi connectivity index (χ0v) is 6.15. The molecule has 4 N–H and O–H groups in total. The van der Waals surface area contributed by atoms with E-state index in [9.17, 15) is 0 Å². The number of rotatable bonds is 1. The van der Waals surface area contributed by atoms with Gasteiger partial charge in [-0.1, -0.05) is 0 Å². The van der Waals surface area contributed by atoms with Crippen LogP contribution in [0.3, 0.4) is 0 Å². The monoisotopic (exact) mass is 165 g/mol. The van der Waals surface area contributed by atoms with Crippen LogP contribution >= 0.6 is 0 Å². The molecule has 0 atom stereocenters. The molecule has 0 bridgehead atoms. The van der Waals surface area contributed by atoms with Crippen molar-refractivity contribution in [1.82, 2.24) is 20.2 Å². The first kappa shape index (κ1) is 6.99. The number of aliphatic hydroxyl groups is 1. The second kappa shape index (κ2) is 2.42. The van der Waals surface area contributed by atoms with Crippen molar-refractivity contribution < 1.29 is 5.11 Å². The van der Waals surface area contributed by atoms with Crippen molar-refractivity contribution in [2.75, 3.05) is 5.73 Å². The third kappa shape index (κ3) is 0.817. The minimum absolute atomic E-state index is 0.145. The van der Waals surface area contributed by atoms with Gasteiger partial charge in [0.15, 0.2) is 5.65 Å².